The molecule has 1 unspecified atom stereocenters. The first kappa shape index (κ1) is 14.8. The number of hydrogen-bond donors (Lipinski definition) is 1. The standard InChI is InChI=1S/C15H24BrN3/c1-5-7-11-12(16)14(17-8-6-2)19-13(18-11)10-9-15(10,3)4/h10H,5-9H2,1-4H3,(H,17,18,19). The topological polar surface area (TPSA) is 37.8 Å². The molecule has 0 amide bonds. The maximum absolute atomic E-state index is 4.79. The number of halogens is 1. The first-order valence-corrected chi connectivity index (χ1v) is 8.09. The van der Waals surface area contributed by atoms with Crippen LogP contribution in [0.4, 0.5) is 5.82 Å². The second kappa shape index (κ2) is 5.78. The highest BCUT2D eigenvalue weighted by atomic mass is 79.9. The molecule has 1 aliphatic rings. The van der Waals surface area contributed by atoms with E-state index in [9.17, 15) is 0 Å². The molecule has 0 spiro atoms. The van der Waals surface area contributed by atoms with E-state index in [1.54, 1.807) is 0 Å². The molecular formula is C15H24BrN3. The number of nitrogens with one attached hydrogen (secondary N) is 1. The molecule has 1 aromatic heterocycles. The summed E-state index contributed by atoms with van der Waals surface area (Å²) in [7, 11) is 0. The Hall–Kier alpha value is -0.640. The van der Waals surface area contributed by atoms with Crippen LogP contribution < -0.4 is 5.32 Å². The Balaban J connectivity index is 2.31. The van der Waals surface area contributed by atoms with E-state index in [0.717, 1.165) is 47.6 Å². The summed E-state index contributed by atoms with van der Waals surface area (Å²) in [5.74, 6) is 2.52. The van der Waals surface area contributed by atoms with Crippen molar-refractivity contribution >= 4 is 21.7 Å². The Kier molecular flexibility index (Phi) is 4.49. The first-order valence-electron chi connectivity index (χ1n) is 7.29. The molecule has 0 bridgehead atoms. The summed E-state index contributed by atoms with van der Waals surface area (Å²) in [5.41, 5.74) is 1.52. The molecule has 1 N–H and O–H groups in total. The predicted molar refractivity (Wildman–Crippen MR) is 83.6 cm³/mol. The van der Waals surface area contributed by atoms with Crippen LogP contribution in [0, 0.1) is 5.41 Å². The lowest BCUT2D eigenvalue weighted by atomic mass is 10.1. The van der Waals surface area contributed by atoms with Crippen LogP contribution in [0.1, 0.15) is 64.4 Å². The van der Waals surface area contributed by atoms with Crippen LogP contribution in [0.25, 0.3) is 0 Å². The third-order valence-electron chi connectivity index (χ3n) is 3.79. The van der Waals surface area contributed by atoms with Gasteiger partial charge >= 0.3 is 0 Å². The predicted octanol–water partition coefficient (Wildman–Crippen LogP) is 4.53. The van der Waals surface area contributed by atoms with Crippen LogP contribution in [0.5, 0.6) is 0 Å². The van der Waals surface area contributed by atoms with E-state index in [0.29, 0.717) is 11.3 Å². The van der Waals surface area contributed by atoms with Gasteiger partial charge in [-0.25, -0.2) is 9.97 Å². The first-order chi connectivity index (χ1) is 8.99. The second-order valence-electron chi connectivity index (χ2n) is 6.11. The molecular weight excluding hydrogens is 302 g/mol. The molecule has 1 atom stereocenters. The smallest absolute Gasteiger partial charge is 0.144 e. The third-order valence-corrected chi connectivity index (χ3v) is 4.62. The van der Waals surface area contributed by atoms with Crippen LogP contribution in [-0.2, 0) is 6.42 Å². The van der Waals surface area contributed by atoms with Gasteiger partial charge in [0.05, 0.1) is 10.2 Å². The summed E-state index contributed by atoms with van der Waals surface area (Å²) in [6.45, 7) is 9.90. The molecule has 1 aromatic rings. The third kappa shape index (κ3) is 3.28. The summed E-state index contributed by atoms with van der Waals surface area (Å²) in [5, 5.41) is 3.41. The molecule has 1 saturated carbocycles. The van der Waals surface area contributed by atoms with E-state index in [2.05, 4.69) is 48.9 Å². The van der Waals surface area contributed by atoms with Crippen molar-refractivity contribution in [2.45, 2.75) is 59.3 Å². The maximum atomic E-state index is 4.79. The van der Waals surface area contributed by atoms with Crippen molar-refractivity contribution in [1.82, 2.24) is 9.97 Å². The average molecular weight is 326 g/mol. The fraction of sp³-hybridized carbons (Fsp3) is 0.733. The Morgan fingerprint density at radius 3 is 2.47 bits per heavy atom. The number of aromatic nitrogens is 2. The number of nitrogens with zero attached hydrogens (tertiary/aromatic N) is 2. The van der Waals surface area contributed by atoms with Crippen molar-refractivity contribution in [3.63, 3.8) is 0 Å². The fourth-order valence-electron chi connectivity index (χ4n) is 2.34. The highest BCUT2D eigenvalue weighted by Gasteiger charge is 2.48. The maximum Gasteiger partial charge on any atom is 0.144 e. The summed E-state index contributed by atoms with van der Waals surface area (Å²) in [4.78, 5) is 9.53. The van der Waals surface area contributed by atoms with Gasteiger partial charge < -0.3 is 5.32 Å². The highest BCUT2D eigenvalue weighted by Crippen LogP contribution is 2.57. The van der Waals surface area contributed by atoms with Crippen molar-refractivity contribution in [2.75, 3.05) is 11.9 Å². The normalized spacial score (nSPS) is 20.4. The molecule has 1 heterocycles. The molecule has 0 aromatic carbocycles. The van der Waals surface area contributed by atoms with Crippen molar-refractivity contribution in [2.24, 2.45) is 5.41 Å². The summed E-state index contributed by atoms with van der Waals surface area (Å²) >= 11 is 3.66. The van der Waals surface area contributed by atoms with Crippen molar-refractivity contribution in [1.29, 1.82) is 0 Å². The minimum Gasteiger partial charge on any atom is -0.369 e. The zero-order valence-corrected chi connectivity index (χ0v) is 14.0. The minimum absolute atomic E-state index is 0.374. The number of hydrogen-bond acceptors (Lipinski definition) is 3. The van der Waals surface area contributed by atoms with Crippen LogP contribution in [0.3, 0.4) is 0 Å². The minimum atomic E-state index is 0.374. The van der Waals surface area contributed by atoms with Crippen molar-refractivity contribution in [3.05, 3.63) is 16.0 Å². The van der Waals surface area contributed by atoms with Crippen LogP contribution in [0.2, 0.25) is 0 Å². The average Bonchev–Trinajstić information content (AvgIpc) is 3.00. The Morgan fingerprint density at radius 2 is 1.95 bits per heavy atom. The lowest BCUT2D eigenvalue weighted by Gasteiger charge is -2.13. The van der Waals surface area contributed by atoms with Crippen LogP contribution in [0.15, 0.2) is 4.47 Å². The largest absolute Gasteiger partial charge is 0.369 e. The molecule has 2 rings (SSSR count). The van der Waals surface area contributed by atoms with Gasteiger partial charge in [0.15, 0.2) is 0 Å². The van der Waals surface area contributed by atoms with Gasteiger partial charge in [-0.15, -0.1) is 0 Å². The molecule has 0 aliphatic heterocycles. The lowest BCUT2D eigenvalue weighted by Crippen LogP contribution is -2.09. The van der Waals surface area contributed by atoms with E-state index < -0.39 is 0 Å². The van der Waals surface area contributed by atoms with Crippen LogP contribution in [-0.4, -0.2) is 16.5 Å². The molecule has 3 nitrogen and oxygen atoms in total. The Morgan fingerprint density at radius 1 is 1.26 bits per heavy atom. The van der Waals surface area contributed by atoms with Crippen LogP contribution >= 0.6 is 15.9 Å². The highest BCUT2D eigenvalue weighted by molar-refractivity contribution is 9.10. The van der Waals surface area contributed by atoms with E-state index in [4.69, 9.17) is 9.97 Å². The lowest BCUT2D eigenvalue weighted by molar-refractivity contribution is 0.606. The number of aryl methyl sites for hydroxylation is 1. The van der Waals surface area contributed by atoms with Gasteiger partial charge in [0.25, 0.3) is 0 Å². The van der Waals surface area contributed by atoms with E-state index in [1.807, 2.05) is 0 Å². The summed E-state index contributed by atoms with van der Waals surface area (Å²) in [6, 6.07) is 0. The van der Waals surface area contributed by atoms with Gasteiger partial charge in [-0.2, -0.15) is 0 Å². The number of anilines is 1. The van der Waals surface area contributed by atoms with E-state index >= 15 is 0 Å². The molecule has 0 saturated heterocycles. The second-order valence-corrected chi connectivity index (χ2v) is 6.91. The summed E-state index contributed by atoms with van der Waals surface area (Å²) in [6.07, 6.45) is 4.41. The zero-order valence-electron chi connectivity index (χ0n) is 12.4. The Bertz CT molecular complexity index is 457. The molecule has 19 heavy (non-hydrogen) atoms. The van der Waals surface area contributed by atoms with Gasteiger partial charge in [0.2, 0.25) is 0 Å². The fourth-order valence-corrected chi connectivity index (χ4v) is 2.86. The molecule has 106 valence electrons. The van der Waals surface area contributed by atoms with E-state index in [-0.39, 0.29) is 0 Å². The Labute approximate surface area is 124 Å². The monoisotopic (exact) mass is 325 g/mol. The van der Waals surface area contributed by atoms with Gasteiger partial charge in [-0.1, -0.05) is 34.1 Å². The van der Waals surface area contributed by atoms with Crippen molar-refractivity contribution in [3.8, 4) is 0 Å². The van der Waals surface area contributed by atoms with Gasteiger partial charge in [-0.05, 0) is 40.6 Å². The molecule has 4 heteroatoms. The van der Waals surface area contributed by atoms with Gasteiger partial charge in [0, 0.05) is 12.5 Å². The van der Waals surface area contributed by atoms with E-state index in [1.165, 1.54) is 6.42 Å². The quantitative estimate of drug-likeness (QED) is 0.835. The zero-order chi connectivity index (χ0) is 14.0. The van der Waals surface area contributed by atoms with Gasteiger partial charge in [-0.3, -0.25) is 0 Å². The number of rotatable bonds is 6. The van der Waals surface area contributed by atoms with Crippen molar-refractivity contribution < 1.29 is 0 Å². The molecule has 1 fully saturated rings. The molecule has 1 aliphatic carbocycles. The molecule has 0 radical (unpaired) electrons. The van der Waals surface area contributed by atoms with Gasteiger partial charge in [0.1, 0.15) is 11.6 Å². The SMILES string of the molecule is CCCNc1nc(C2CC2(C)C)nc(CCC)c1Br. The summed E-state index contributed by atoms with van der Waals surface area (Å²) < 4.78 is 1.05.